The Kier molecular flexibility index (Phi) is 4.53. The smallest absolute Gasteiger partial charge is 0.363 e. The van der Waals surface area contributed by atoms with Crippen LogP contribution in [0.4, 0.5) is 8.78 Å². The second kappa shape index (κ2) is 6.76. The van der Waals surface area contributed by atoms with E-state index in [4.69, 9.17) is 16.3 Å². The largest absolute Gasteiger partial charge is 0.402 e. The van der Waals surface area contributed by atoms with Crippen molar-refractivity contribution < 1.29 is 18.3 Å². The zero-order chi connectivity index (χ0) is 17.1. The highest BCUT2D eigenvalue weighted by Crippen LogP contribution is 2.25. The molecule has 0 aromatic heterocycles. The summed E-state index contributed by atoms with van der Waals surface area (Å²) in [6.07, 6.45) is 4.90. The maximum Gasteiger partial charge on any atom is 0.363 e. The van der Waals surface area contributed by atoms with Gasteiger partial charge in [0.25, 0.3) is 0 Å². The van der Waals surface area contributed by atoms with Crippen molar-refractivity contribution in [2.45, 2.75) is 0 Å². The Bertz CT molecular complexity index is 889. The number of ether oxygens (including phenoxy) is 1. The monoisotopic (exact) mass is 345 g/mol. The minimum Gasteiger partial charge on any atom is -0.402 e. The van der Waals surface area contributed by atoms with Crippen LogP contribution in [-0.2, 0) is 9.53 Å². The molecule has 120 valence electrons. The van der Waals surface area contributed by atoms with Crippen LogP contribution in [0.1, 0.15) is 11.1 Å². The van der Waals surface area contributed by atoms with Gasteiger partial charge in [-0.2, -0.15) is 0 Å². The summed E-state index contributed by atoms with van der Waals surface area (Å²) >= 11 is 5.85. The van der Waals surface area contributed by atoms with Crippen LogP contribution in [0.2, 0.25) is 5.02 Å². The van der Waals surface area contributed by atoms with Crippen LogP contribution in [0.25, 0.3) is 6.08 Å². The summed E-state index contributed by atoms with van der Waals surface area (Å²) in [5.41, 5.74) is 1.01. The first kappa shape index (κ1) is 16.1. The molecule has 0 unspecified atom stereocenters. The number of carbonyl (C=O) groups is 1. The van der Waals surface area contributed by atoms with Gasteiger partial charge in [-0.25, -0.2) is 18.6 Å². The summed E-state index contributed by atoms with van der Waals surface area (Å²) < 4.78 is 31.4. The average Bonchev–Trinajstić information content (AvgIpc) is 2.93. The number of hydrogen-bond donors (Lipinski definition) is 0. The fourth-order valence-electron chi connectivity index (χ4n) is 2.04. The number of aliphatic imine (C=N–C) groups is 1. The van der Waals surface area contributed by atoms with Crippen LogP contribution in [0, 0.1) is 11.6 Å². The summed E-state index contributed by atoms with van der Waals surface area (Å²) in [7, 11) is 0. The number of halogens is 3. The van der Waals surface area contributed by atoms with Gasteiger partial charge in [0.1, 0.15) is 0 Å². The highest BCUT2D eigenvalue weighted by Gasteiger charge is 2.26. The molecule has 0 radical (unpaired) electrons. The topological polar surface area (TPSA) is 38.7 Å². The number of benzene rings is 2. The highest BCUT2D eigenvalue weighted by molar-refractivity contribution is 6.34. The molecule has 0 spiro atoms. The molecule has 2 aromatic carbocycles. The molecule has 0 saturated carbocycles. The zero-order valence-corrected chi connectivity index (χ0v) is 12.9. The normalized spacial score (nSPS) is 15.9. The zero-order valence-electron chi connectivity index (χ0n) is 12.2. The average molecular weight is 346 g/mol. The molecule has 2 aromatic rings. The lowest BCUT2D eigenvalue weighted by Crippen LogP contribution is -2.07. The molecule has 3 nitrogen and oxygen atoms in total. The van der Waals surface area contributed by atoms with Crippen LogP contribution >= 0.6 is 11.6 Å². The lowest BCUT2D eigenvalue weighted by molar-refractivity contribution is -0.130. The fraction of sp³-hybridized carbons (Fsp3) is 0. The molecule has 0 atom stereocenters. The Hall–Kier alpha value is -2.79. The Morgan fingerprint density at radius 2 is 1.79 bits per heavy atom. The first-order valence-electron chi connectivity index (χ1n) is 6.94. The van der Waals surface area contributed by atoms with Crippen molar-refractivity contribution in [2.24, 2.45) is 4.99 Å². The van der Waals surface area contributed by atoms with Crippen LogP contribution < -0.4 is 0 Å². The third kappa shape index (κ3) is 3.41. The van der Waals surface area contributed by atoms with Gasteiger partial charge in [0.15, 0.2) is 17.3 Å². The summed E-state index contributed by atoms with van der Waals surface area (Å²) in [6.45, 7) is 0. The molecular weight excluding hydrogens is 336 g/mol. The van der Waals surface area contributed by atoms with Crippen molar-refractivity contribution >= 4 is 29.5 Å². The van der Waals surface area contributed by atoms with Crippen LogP contribution in [0.15, 0.2) is 65.3 Å². The van der Waals surface area contributed by atoms with Crippen molar-refractivity contribution in [1.82, 2.24) is 0 Å². The number of hydrogen-bond acceptors (Lipinski definition) is 3. The molecule has 0 N–H and O–H groups in total. The summed E-state index contributed by atoms with van der Waals surface area (Å²) in [5, 5.41) is -0.0958. The lowest BCUT2D eigenvalue weighted by Gasteiger charge is -2.03. The minimum absolute atomic E-state index is 0.0133. The van der Waals surface area contributed by atoms with Gasteiger partial charge >= 0.3 is 5.97 Å². The lowest BCUT2D eigenvalue weighted by atomic mass is 10.2. The van der Waals surface area contributed by atoms with E-state index in [9.17, 15) is 13.6 Å². The quantitative estimate of drug-likeness (QED) is 0.466. The van der Waals surface area contributed by atoms with E-state index in [1.165, 1.54) is 6.08 Å². The molecule has 1 aliphatic rings. The van der Waals surface area contributed by atoms with Gasteiger partial charge in [-0.1, -0.05) is 54.1 Å². The summed E-state index contributed by atoms with van der Waals surface area (Å²) in [6, 6.07) is 11.1. The van der Waals surface area contributed by atoms with Gasteiger partial charge in [-0.05, 0) is 23.8 Å². The molecule has 1 aliphatic heterocycles. The second-order valence-corrected chi connectivity index (χ2v) is 5.28. The third-order valence-corrected chi connectivity index (χ3v) is 3.52. The predicted molar refractivity (Wildman–Crippen MR) is 87.6 cm³/mol. The van der Waals surface area contributed by atoms with Crippen molar-refractivity contribution in [3.63, 3.8) is 0 Å². The standard InChI is InChI=1S/C18H10ClF2NO2/c19-13-10-15(21)14(20)9-12(13)17-22-16(18(23)24-17)8-4-7-11-5-2-1-3-6-11/h1-10H/b7-4+,16-8+. The number of allylic oxidation sites excluding steroid dienone is 2. The SMILES string of the molecule is O=C1OC(c2cc(F)c(F)cc2Cl)=N/C1=C/C=C/c1ccccc1. The van der Waals surface area contributed by atoms with Crippen molar-refractivity contribution in [3.8, 4) is 0 Å². The van der Waals surface area contributed by atoms with Crippen LogP contribution in [-0.4, -0.2) is 11.9 Å². The van der Waals surface area contributed by atoms with Crippen molar-refractivity contribution in [3.05, 3.63) is 88.1 Å². The number of rotatable bonds is 3. The third-order valence-electron chi connectivity index (χ3n) is 3.20. The van der Waals surface area contributed by atoms with Gasteiger partial charge in [0, 0.05) is 0 Å². The van der Waals surface area contributed by atoms with E-state index in [0.29, 0.717) is 0 Å². The maximum atomic E-state index is 13.3. The molecule has 0 bridgehead atoms. The molecule has 24 heavy (non-hydrogen) atoms. The predicted octanol–water partition coefficient (Wildman–Crippen LogP) is 4.52. The van der Waals surface area contributed by atoms with Gasteiger partial charge in [0.05, 0.1) is 10.6 Å². The van der Waals surface area contributed by atoms with E-state index in [1.807, 2.05) is 30.3 Å². The first-order chi connectivity index (χ1) is 11.5. The number of esters is 1. The fourth-order valence-corrected chi connectivity index (χ4v) is 2.27. The molecule has 0 aliphatic carbocycles. The summed E-state index contributed by atoms with van der Waals surface area (Å²) in [5.74, 6) is -3.04. The highest BCUT2D eigenvalue weighted by atomic mass is 35.5. The van der Waals surface area contributed by atoms with Crippen molar-refractivity contribution in [1.29, 1.82) is 0 Å². The van der Waals surface area contributed by atoms with E-state index in [1.54, 1.807) is 12.2 Å². The number of cyclic esters (lactones) is 1. The Labute approximate surface area is 141 Å². The summed E-state index contributed by atoms with van der Waals surface area (Å²) in [4.78, 5) is 15.8. The molecule has 0 fully saturated rings. The molecule has 6 heteroatoms. The van der Waals surface area contributed by atoms with Gasteiger partial charge in [-0.3, -0.25) is 0 Å². The van der Waals surface area contributed by atoms with E-state index in [2.05, 4.69) is 4.99 Å². The van der Waals surface area contributed by atoms with Crippen molar-refractivity contribution in [2.75, 3.05) is 0 Å². The Morgan fingerprint density at radius 1 is 1.08 bits per heavy atom. The van der Waals surface area contributed by atoms with Gasteiger partial charge in [-0.15, -0.1) is 0 Å². The van der Waals surface area contributed by atoms with E-state index < -0.39 is 17.6 Å². The molecule has 1 heterocycles. The van der Waals surface area contributed by atoms with Crippen LogP contribution in [0.3, 0.4) is 0 Å². The Balaban J connectivity index is 1.87. The second-order valence-electron chi connectivity index (χ2n) is 4.87. The molecular formula is C18H10ClF2NO2. The Morgan fingerprint density at radius 3 is 2.54 bits per heavy atom. The van der Waals surface area contributed by atoms with Crippen LogP contribution in [0.5, 0.6) is 0 Å². The number of carbonyl (C=O) groups excluding carboxylic acids is 1. The number of nitrogens with zero attached hydrogens (tertiary/aromatic N) is 1. The molecule has 0 saturated heterocycles. The van der Waals surface area contributed by atoms with E-state index >= 15 is 0 Å². The van der Waals surface area contributed by atoms with Gasteiger partial charge < -0.3 is 4.74 Å². The maximum absolute atomic E-state index is 13.3. The van der Waals surface area contributed by atoms with E-state index in [0.717, 1.165) is 17.7 Å². The first-order valence-corrected chi connectivity index (χ1v) is 7.31. The van der Waals surface area contributed by atoms with E-state index in [-0.39, 0.29) is 22.2 Å². The minimum atomic E-state index is -1.10. The molecule has 3 rings (SSSR count). The molecule has 0 amide bonds. The van der Waals surface area contributed by atoms with Gasteiger partial charge in [0.2, 0.25) is 5.90 Å².